The van der Waals surface area contributed by atoms with Gasteiger partial charge in [-0.15, -0.1) is 11.6 Å². The van der Waals surface area contributed by atoms with Gasteiger partial charge in [-0.3, -0.25) is 0 Å². The summed E-state index contributed by atoms with van der Waals surface area (Å²) in [4.78, 5) is 0. The molecule has 0 radical (unpaired) electrons. The summed E-state index contributed by atoms with van der Waals surface area (Å²) in [6.45, 7) is 0. The normalized spacial score (nSPS) is 14.7. The minimum Gasteiger partial charge on any atom is -0.122 e. The third-order valence-electron chi connectivity index (χ3n) is 4.60. The molecule has 0 spiro atoms. The number of aryl methyl sites for hydroxylation is 2. The average Bonchev–Trinajstić information content (AvgIpc) is 2.53. The molecule has 3 aromatic carbocycles. The maximum Gasteiger partial charge on any atom is 0.0480 e. The van der Waals surface area contributed by atoms with Crippen LogP contribution in [0.2, 0.25) is 0 Å². The van der Waals surface area contributed by atoms with E-state index < -0.39 is 0 Å². The number of halogens is 1. The van der Waals surface area contributed by atoms with Crippen LogP contribution in [0.15, 0.2) is 42.5 Å². The van der Waals surface area contributed by atoms with E-state index in [4.69, 9.17) is 11.6 Å². The molecule has 0 bridgehead atoms. The molecule has 0 heterocycles. The molecule has 0 unspecified atom stereocenters. The lowest BCUT2D eigenvalue weighted by atomic mass is 9.85. The van der Waals surface area contributed by atoms with Gasteiger partial charge in [-0.1, -0.05) is 36.4 Å². The van der Waals surface area contributed by atoms with Gasteiger partial charge in [0.1, 0.15) is 0 Å². The molecule has 0 nitrogen and oxygen atoms in total. The Balaban J connectivity index is 2.17. The molecule has 3 aromatic rings. The van der Waals surface area contributed by atoms with Crippen molar-refractivity contribution in [3.05, 3.63) is 59.2 Å². The Hall–Kier alpha value is -1.53. The molecule has 0 fully saturated rings. The molecule has 1 heteroatoms. The smallest absolute Gasteiger partial charge is 0.0480 e. The van der Waals surface area contributed by atoms with Gasteiger partial charge in [-0.05, 0) is 70.0 Å². The van der Waals surface area contributed by atoms with E-state index in [9.17, 15) is 0 Å². The Kier molecular flexibility index (Phi) is 2.93. The number of benzene rings is 3. The van der Waals surface area contributed by atoms with Crippen molar-refractivity contribution in [1.82, 2.24) is 0 Å². The van der Waals surface area contributed by atoms with Crippen molar-refractivity contribution in [2.24, 2.45) is 0 Å². The number of fused-ring (bicyclic) bond motifs is 5. The highest BCUT2D eigenvalue weighted by Crippen LogP contribution is 2.35. The lowest BCUT2D eigenvalue weighted by molar-refractivity contribution is 0.690. The summed E-state index contributed by atoms with van der Waals surface area (Å²) in [7, 11) is 0. The zero-order chi connectivity index (χ0) is 13.5. The molecule has 0 N–H and O–H groups in total. The molecule has 100 valence electrons. The summed E-state index contributed by atoms with van der Waals surface area (Å²) in [5.74, 6) is 0.583. The highest BCUT2D eigenvalue weighted by Gasteiger charge is 2.14. The van der Waals surface area contributed by atoms with E-state index in [1.807, 2.05) is 0 Å². The Morgan fingerprint density at radius 2 is 1.55 bits per heavy atom. The van der Waals surface area contributed by atoms with Gasteiger partial charge in [0.25, 0.3) is 0 Å². The first kappa shape index (κ1) is 12.2. The van der Waals surface area contributed by atoms with E-state index >= 15 is 0 Å². The summed E-state index contributed by atoms with van der Waals surface area (Å²) < 4.78 is 0. The predicted octanol–water partition coefficient (Wildman–Crippen LogP) is 5.61. The van der Waals surface area contributed by atoms with Gasteiger partial charge in [0.15, 0.2) is 0 Å². The predicted molar refractivity (Wildman–Crippen MR) is 87.7 cm³/mol. The van der Waals surface area contributed by atoms with Crippen LogP contribution in [0.5, 0.6) is 0 Å². The second-order valence-electron chi connectivity index (χ2n) is 5.72. The van der Waals surface area contributed by atoms with E-state index in [0.29, 0.717) is 5.88 Å². The second-order valence-corrected chi connectivity index (χ2v) is 5.99. The minimum absolute atomic E-state index is 0.583. The molecule has 4 rings (SSSR count). The zero-order valence-electron chi connectivity index (χ0n) is 11.5. The highest BCUT2D eigenvalue weighted by molar-refractivity contribution is 6.19. The van der Waals surface area contributed by atoms with E-state index in [1.54, 1.807) is 11.1 Å². The second kappa shape index (κ2) is 4.79. The van der Waals surface area contributed by atoms with Crippen molar-refractivity contribution >= 4 is 33.1 Å². The molecule has 0 saturated heterocycles. The number of alkyl halides is 1. The summed E-state index contributed by atoms with van der Waals surface area (Å²) in [6, 6.07) is 15.6. The molecule has 0 aromatic heterocycles. The largest absolute Gasteiger partial charge is 0.122 e. The van der Waals surface area contributed by atoms with Crippen LogP contribution in [0, 0.1) is 0 Å². The first-order chi connectivity index (χ1) is 9.88. The van der Waals surface area contributed by atoms with E-state index in [0.717, 1.165) is 0 Å². The Bertz CT molecular complexity index is 802. The van der Waals surface area contributed by atoms with Crippen LogP contribution in [0.25, 0.3) is 21.5 Å². The molecule has 1 aliphatic rings. The van der Waals surface area contributed by atoms with Gasteiger partial charge in [-0.25, -0.2) is 0 Å². The number of rotatable bonds is 1. The Morgan fingerprint density at radius 3 is 2.40 bits per heavy atom. The summed E-state index contributed by atoms with van der Waals surface area (Å²) in [6.07, 6.45) is 5.09. The standard InChI is InChI=1S/C19H17Cl/c20-12-14-11-19-15-6-2-1-5-13(15)9-10-18(19)17-8-4-3-7-16(14)17/h3-4,7-11H,1-2,5-6,12H2. The number of hydrogen-bond donors (Lipinski definition) is 0. The molecule has 1 aliphatic carbocycles. The summed E-state index contributed by atoms with van der Waals surface area (Å²) in [5.41, 5.74) is 4.36. The Morgan fingerprint density at radius 1 is 0.800 bits per heavy atom. The molecular formula is C19H17Cl. The number of hydrogen-bond acceptors (Lipinski definition) is 0. The fourth-order valence-corrected chi connectivity index (χ4v) is 3.84. The summed E-state index contributed by atoms with van der Waals surface area (Å²) in [5, 5.41) is 5.45. The van der Waals surface area contributed by atoms with Crippen molar-refractivity contribution in [1.29, 1.82) is 0 Å². The lowest BCUT2D eigenvalue weighted by Crippen LogP contribution is -2.03. The van der Waals surface area contributed by atoms with Crippen molar-refractivity contribution in [3.63, 3.8) is 0 Å². The van der Waals surface area contributed by atoms with Crippen LogP contribution in [-0.4, -0.2) is 0 Å². The van der Waals surface area contributed by atoms with E-state index in [2.05, 4.69) is 42.5 Å². The van der Waals surface area contributed by atoms with Gasteiger partial charge >= 0.3 is 0 Å². The van der Waals surface area contributed by atoms with Crippen molar-refractivity contribution in [2.75, 3.05) is 0 Å². The fraction of sp³-hybridized carbons (Fsp3) is 0.263. The van der Waals surface area contributed by atoms with Crippen molar-refractivity contribution in [3.8, 4) is 0 Å². The maximum atomic E-state index is 6.19. The molecule has 0 saturated carbocycles. The Labute approximate surface area is 124 Å². The first-order valence-electron chi connectivity index (χ1n) is 7.39. The van der Waals surface area contributed by atoms with Crippen molar-refractivity contribution < 1.29 is 0 Å². The maximum absolute atomic E-state index is 6.19. The van der Waals surface area contributed by atoms with Crippen LogP contribution in [0.4, 0.5) is 0 Å². The highest BCUT2D eigenvalue weighted by atomic mass is 35.5. The van der Waals surface area contributed by atoms with Gasteiger partial charge in [0.2, 0.25) is 0 Å². The summed E-state index contributed by atoms with van der Waals surface area (Å²) >= 11 is 6.19. The third kappa shape index (κ3) is 1.75. The monoisotopic (exact) mass is 280 g/mol. The topological polar surface area (TPSA) is 0 Å². The molecule has 0 amide bonds. The molecule has 20 heavy (non-hydrogen) atoms. The van der Waals surface area contributed by atoms with Gasteiger partial charge in [0, 0.05) is 5.88 Å². The zero-order valence-corrected chi connectivity index (χ0v) is 12.2. The first-order valence-corrected chi connectivity index (χ1v) is 7.93. The lowest BCUT2D eigenvalue weighted by Gasteiger charge is -2.19. The van der Waals surface area contributed by atoms with Crippen LogP contribution in [0.3, 0.4) is 0 Å². The van der Waals surface area contributed by atoms with E-state index in [-0.39, 0.29) is 0 Å². The van der Waals surface area contributed by atoms with Crippen LogP contribution in [-0.2, 0) is 18.7 Å². The third-order valence-corrected chi connectivity index (χ3v) is 4.89. The van der Waals surface area contributed by atoms with Crippen molar-refractivity contribution in [2.45, 2.75) is 31.6 Å². The fourth-order valence-electron chi connectivity index (χ4n) is 3.62. The minimum atomic E-state index is 0.583. The van der Waals surface area contributed by atoms with E-state index in [1.165, 1.54) is 52.8 Å². The molecular weight excluding hydrogens is 264 g/mol. The molecule has 0 aliphatic heterocycles. The van der Waals surface area contributed by atoms with Crippen LogP contribution < -0.4 is 0 Å². The van der Waals surface area contributed by atoms with Gasteiger partial charge in [0.05, 0.1) is 0 Å². The SMILES string of the molecule is ClCc1cc2c3c(ccc2c2ccccc12)CCCC3. The van der Waals surface area contributed by atoms with Crippen LogP contribution in [0.1, 0.15) is 29.5 Å². The van der Waals surface area contributed by atoms with Crippen LogP contribution >= 0.6 is 11.6 Å². The van der Waals surface area contributed by atoms with Gasteiger partial charge < -0.3 is 0 Å². The quantitative estimate of drug-likeness (QED) is 0.401. The average molecular weight is 281 g/mol. The molecule has 0 atom stereocenters. The van der Waals surface area contributed by atoms with Gasteiger partial charge in [-0.2, -0.15) is 0 Å².